The maximum atomic E-state index is 14.2. The zero-order valence-electron chi connectivity index (χ0n) is 31.0. The molecule has 1 aliphatic carbocycles. The fourth-order valence-corrected chi connectivity index (χ4v) is 7.52. The summed E-state index contributed by atoms with van der Waals surface area (Å²) in [7, 11) is 1.29. The Morgan fingerprint density at radius 2 is 1.69 bits per heavy atom. The van der Waals surface area contributed by atoms with Crippen molar-refractivity contribution in [2.75, 3.05) is 13.7 Å². The summed E-state index contributed by atoms with van der Waals surface area (Å²) in [5, 5.41) is 5.22. The molecular weight excluding hydrogens is 653 g/mol. The van der Waals surface area contributed by atoms with Gasteiger partial charge < -0.3 is 29.7 Å². The molecule has 0 saturated carbocycles. The smallest absolute Gasteiger partial charge is 0.657 e. The van der Waals surface area contributed by atoms with Crippen LogP contribution in [0.25, 0.3) is 29.9 Å². The number of rotatable bonds is 9. The number of fused-ring (bicyclic) bond motifs is 7. The van der Waals surface area contributed by atoms with Gasteiger partial charge in [0, 0.05) is 35.2 Å². The van der Waals surface area contributed by atoms with Crippen LogP contribution in [0.4, 0.5) is 0 Å². The van der Waals surface area contributed by atoms with Crippen LogP contribution in [-0.4, -0.2) is 54.5 Å². The minimum Gasteiger partial charge on any atom is -0.657 e. The molecule has 2 aliphatic heterocycles. The van der Waals surface area contributed by atoms with Crippen molar-refractivity contribution in [3.63, 3.8) is 0 Å². The molecule has 5 heterocycles. The molecule has 1 N–H and O–H groups in total. The molecule has 3 aromatic rings. The SMILES string of the molecule is C=Cc1c2[n-]c(c1C)/C=C1\N/C(=C3\c4[n-]c(c(C)c4C(=O)[C@@H]3C(=O)OC)/C=c3\[n-]/c(c(C)c3CC)=C\2)[C@@H](CCC(=O)OC/C=C(\C)CC)[C@@H]1C.[Mg+2]. The molecule has 262 valence electrons. The Morgan fingerprint density at radius 1 is 0.980 bits per heavy atom. The van der Waals surface area contributed by atoms with E-state index in [4.69, 9.17) is 24.4 Å². The summed E-state index contributed by atoms with van der Waals surface area (Å²) in [4.78, 5) is 55.7. The third kappa shape index (κ3) is 6.64. The maximum absolute atomic E-state index is 14.2. The van der Waals surface area contributed by atoms with E-state index in [2.05, 4.69) is 39.6 Å². The van der Waals surface area contributed by atoms with Crippen molar-refractivity contribution < 1.29 is 23.9 Å². The van der Waals surface area contributed by atoms with Crippen LogP contribution >= 0.6 is 0 Å². The Bertz CT molecular complexity index is 2150. The average molecular weight is 698 g/mol. The van der Waals surface area contributed by atoms with Crippen molar-refractivity contribution in [2.24, 2.45) is 17.8 Å². The van der Waals surface area contributed by atoms with E-state index in [1.807, 2.05) is 51.2 Å². The van der Waals surface area contributed by atoms with Gasteiger partial charge >= 0.3 is 35.0 Å². The molecule has 6 rings (SSSR count). The van der Waals surface area contributed by atoms with E-state index in [1.165, 1.54) is 7.11 Å². The van der Waals surface area contributed by atoms with Crippen LogP contribution in [0.2, 0.25) is 0 Å². The molecule has 3 aromatic heterocycles. The fourth-order valence-electron chi connectivity index (χ4n) is 7.52. The molecule has 9 nitrogen and oxygen atoms in total. The van der Waals surface area contributed by atoms with Crippen molar-refractivity contribution in [1.82, 2.24) is 20.3 Å². The standard InChI is InChI=1S/C41H46N4O5.Mg/c1-10-20(4)15-16-50-34(46)14-13-27-23(7)30-17-28-21(5)25(11-2)32(42-28)18-29-22(6)26(12-3)33(43-29)19-31-24(8)35-39(45-31)36(38(27)44-30)37(40(35)47)41(48)49-9;/h11,15,17-19,23,27,37H,2,10,12-14,16H2,1,3-9H3,(H2,44,45,47);/q-2;+2/p-1/b20-15+,29-18-,30-17-,33-19-;/t23-,27-,37+;/m0./s1. The van der Waals surface area contributed by atoms with Gasteiger partial charge in [0.15, 0.2) is 5.78 Å². The summed E-state index contributed by atoms with van der Waals surface area (Å²) >= 11 is 0. The molecule has 3 atom stereocenters. The molecule has 8 bridgehead atoms. The van der Waals surface area contributed by atoms with Gasteiger partial charge in [-0.05, 0) is 64.2 Å². The van der Waals surface area contributed by atoms with E-state index < -0.39 is 11.9 Å². The number of nitrogens with zero attached hydrogens (tertiary/aromatic N) is 3. The number of hydrogen-bond donors (Lipinski definition) is 1. The van der Waals surface area contributed by atoms with Crippen molar-refractivity contribution >= 4 is 70.7 Å². The summed E-state index contributed by atoms with van der Waals surface area (Å²) in [6, 6.07) is 0. The Kier molecular flexibility index (Phi) is 11.3. The quantitative estimate of drug-likeness (QED) is 0.148. The van der Waals surface area contributed by atoms with Gasteiger partial charge in [-0.2, -0.15) is 0 Å². The second-order valence-corrected chi connectivity index (χ2v) is 13.5. The van der Waals surface area contributed by atoms with Crippen molar-refractivity contribution in [3.8, 4) is 0 Å². The van der Waals surface area contributed by atoms with Crippen LogP contribution in [-0.2, 0) is 25.5 Å². The Labute approximate surface area is 315 Å². The molecular formula is C41H45MgN4O5-. The molecule has 51 heavy (non-hydrogen) atoms. The number of ketones is 1. The van der Waals surface area contributed by atoms with Crippen molar-refractivity contribution in [3.05, 3.63) is 96.5 Å². The van der Waals surface area contributed by atoms with E-state index in [9.17, 15) is 14.4 Å². The van der Waals surface area contributed by atoms with Gasteiger partial charge in [-0.25, -0.2) is 0 Å². The van der Waals surface area contributed by atoms with E-state index in [0.717, 1.165) is 68.5 Å². The van der Waals surface area contributed by atoms with Gasteiger partial charge in [0.2, 0.25) is 0 Å². The van der Waals surface area contributed by atoms with E-state index in [0.29, 0.717) is 40.2 Å². The number of aromatic nitrogens is 3. The monoisotopic (exact) mass is 697 g/mol. The van der Waals surface area contributed by atoms with Crippen molar-refractivity contribution in [2.45, 2.75) is 74.1 Å². The number of hydrogen-bond acceptors (Lipinski definition) is 6. The molecule has 0 aromatic carbocycles. The normalized spacial score (nSPS) is 22.9. The Balaban J connectivity index is 0.00000504. The first-order valence-electron chi connectivity index (χ1n) is 17.4. The number of esters is 2. The minimum absolute atomic E-state index is 0. The first-order chi connectivity index (χ1) is 23.9. The maximum Gasteiger partial charge on any atom is 2.00 e. The van der Waals surface area contributed by atoms with Gasteiger partial charge in [0.05, 0.1) is 7.11 Å². The number of methoxy groups -OCH3 is 1. The first-order valence-corrected chi connectivity index (χ1v) is 17.4. The topological polar surface area (TPSA) is 124 Å². The van der Waals surface area contributed by atoms with Gasteiger partial charge in [0.25, 0.3) is 0 Å². The Morgan fingerprint density at radius 3 is 2.35 bits per heavy atom. The van der Waals surface area contributed by atoms with Crippen molar-refractivity contribution in [1.29, 1.82) is 0 Å². The number of nitrogens with one attached hydrogen (secondary N) is 1. The molecule has 0 amide bonds. The fraction of sp³-hybridized carbons (Fsp3) is 0.390. The molecule has 1 fully saturated rings. The average Bonchev–Trinajstić information content (AvgIpc) is 3.84. The number of carbonyl (C=O) groups is 3. The van der Waals surface area contributed by atoms with Gasteiger partial charge in [-0.3, -0.25) is 14.4 Å². The largest absolute Gasteiger partial charge is 2.00 e. The summed E-state index contributed by atoms with van der Waals surface area (Å²) in [5.41, 5.74) is 11.0. The molecule has 0 spiro atoms. The minimum atomic E-state index is -1.18. The van der Waals surface area contributed by atoms with Crippen LogP contribution in [0.15, 0.2) is 29.6 Å². The van der Waals surface area contributed by atoms with Gasteiger partial charge in [-0.15, -0.1) is 33.5 Å². The zero-order chi connectivity index (χ0) is 36.0. The Hall–Kier alpha value is -4.28. The zero-order valence-corrected chi connectivity index (χ0v) is 32.4. The molecule has 3 aliphatic rings. The van der Waals surface area contributed by atoms with Gasteiger partial charge in [-0.1, -0.05) is 79.5 Å². The number of ether oxygens (including phenoxy) is 2. The van der Waals surface area contributed by atoms with Crippen LogP contribution in [0.5, 0.6) is 0 Å². The summed E-state index contributed by atoms with van der Waals surface area (Å²) in [5.74, 6) is -2.85. The molecule has 0 unspecified atom stereocenters. The number of allylic oxidation sites excluding steroid dienone is 3. The molecule has 0 radical (unpaired) electrons. The van der Waals surface area contributed by atoms with E-state index in [-0.39, 0.29) is 59.7 Å². The van der Waals surface area contributed by atoms with E-state index >= 15 is 0 Å². The summed E-state index contributed by atoms with van der Waals surface area (Å²) < 4.78 is 10.8. The van der Waals surface area contributed by atoms with Crippen LogP contribution in [0.1, 0.15) is 108 Å². The first kappa shape index (κ1) is 38.0. The van der Waals surface area contributed by atoms with Crippen LogP contribution in [0.3, 0.4) is 0 Å². The molecule has 1 saturated heterocycles. The summed E-state index contributed by atoms with van der Waals surface area (Å²) in [6.07, 6.45) is 12.0. The third-order valence-electron chi connectivity index (χ3n) is 10.7. The third-order valence-corrected chi connectivity index (χ3v) is 10.7. The van der Waals surface area contributed by atoms with Gasteiger partial charge in [0.1, 0.15) is 12.5 Å². The molecule has 10 heteroatoms. The number of Topliss-reactive ketones (excluding diaryl/α,β-unsaturated/α-hetero) is 1. The van der Waals surface area contributed by atoms with E-state index in [1.54, 1.807) is 0 Å². The second-order valence-electron chi connectivity index (χ2n) is 13.5. The predicted octanol–water partition coefficient (Wildman–Crippen LogP) is 4.55. The second kappa shape index (κ2) is 15.1. The number of carbonyl (C=O) groups excluding carboxylic acids is 3. The predicted molar refractivity (Wildman–Crippen MR) is 200 cm³/mol. The van der Waals surface area contributed by atoms with Crippen LogP contribution in [0, 0.1) is 38.5 Å². The van der Waals surface area contributed by atoms with Crippen LogP contribution < -0.4 is 31.0 Å². The summed E-state index contributed by atoms with van der Waals surface area (Å²) in [6.45, 7) is 18.5.